The number of unbranched alkanes of at least 4 members (excludes halogenated alkanes) is 1. The molecule has 2 fully saturated rings. The molecule has 86 valence electrons. The fourth-order valence-electron chi connectivity index (χ4n) is 2.74. The maximum Gasteiger partial charge on any atom is 0.224 e. The van der Waals surface area contributed by atoms with Crippen molar-refractivity contribution in [2.45, 2.75) is 31.7 Å². The summed E-state index contributed by atoms with van der Waals surface area (Å²) < 4.78 is 0. The molecule has 15 heavy (non-hydrogen) atoms. The SMILES string of the molecule is O=C1NCC2C1CCCN2CCCCO. The molecule has 2 unspecified atom stereocenters. The molecule has 0 aromatic heterocycles. The molecular weight excluding hydrogens is 192 g/mol. The monoisotopic (exact) mass is 212 g/mol. The van der Waals surface area contributed by atoms with E-state index < -0.39 is 0 Å². The Kier molecular flexibility index (Phi) is 3.59. The Morgan fingerprint density at radius 2 is 2.33 bits per heavy atom. The standard InChI is InChI=1S/C11H20N2O2/c14-7-2-1-5-13-6-3-4-9-10(13)8-12-11(9)15/h9-10,14H,1-8H2,(H,12,15). The number of hydrogen-bond donors (Lipinski definition) is 2. The third kappa shape index (κ3) is 2.32. The van der Waals surface area contributed by atoms with E-state index in [1.165, 1.54) is 0 Å². The van der Waals surface area contributed by atoms with Gasteiger partial charge in [0.1, 0.15) is 0 Å². The van der Waals surface area contributed by atoms with Gasteiger partial charge in [0.15, 0.2) is 0 Å². The van der Waals surface area contributed by atoms with Gasteiger partial charge in [0.05, 0.1) is 5.92 Å². The minimum atomic E-state index is 0.230. The van der Waals surface area contributed by atoms with Crippen LogP contribution in [0.25, 0.3) is 0 Å². The van der Waals surface area contributed by atoms with Gasteiger partial charge in [-0.3, -0.25) is 9.69 Å². The lowest BCUT2D eigenvalue weighted by Crippen LogP contribution is -2.45. The molecule has 0 spiro atoms. The van der Waals surface area contributed by atoms with E-state index in [2.05, 4.69) is 10.2 Å². The van der Waals surface area contributed by atoms with Crippen molar-refractivity contribution in [2.75, 3.05) is 26.2 Å². The number of likely N-dealkylation sites (tertiary alicyclic amines) is 1. The summed E-state index contributed by atoms with van der Waals surface area (Å²) in [5.74, 6) is 0.472. The van der Waals surface area contributed by atoms with Gasteiger partial charge in [-0.1, -0.05) is 0 Å². The highest BCUT2D eigenvalue weighted by atomic mass is 16.2. The van der Waals surface area contributed by atoms with Gasteiger partial charge in [0, 0.05) is 19.2 Å². The van der Waals surface area contributed by atoms with Crippen molar-refractivity contribution in [3.63, 3.8) is 0 Å². The average molecular weight is 212 g/mol. The number of piperidine rings is 1. The maximum atomic E-state index is 11.5. The van der Waals surface area contributed by atoms with Crippen LogP contribution in [-0.4, -0.2) is 48.2 Å². The van der Waals surface area contributed by atoms with E-state index in [0.717, 1.165) is 45.3 Å². The molecule has 4 nitrogen and oxygen atoms in total. The molecule has 0 aromatic carbocycles. The van der Waals surface area contributed by atoms with Gasteiger partial charge in [-0.15, -0.1) is 0 Å². The van der Waals surface area contributed by atoms with Crippen LogP contribution in [0.4, 0.5) is 0 Å². The Morgan fingerprint density at radius 1 is 1.47 bits per heavy atom. The molecule has 2 heterocycles. The van der Waals surface area contributed by atoms with E-state index in [1.807, 2.05) is 0 Å². The number of hydrogen-bond acceptors (Lipinski definition) is 3. The van der Waals surface area contributed by atoms with Gasteiger partial charge in [-0.05, 0) is 38.8 Å². The summed E-state index contributed by atoms with van der Waals surface area (Å²) in [6.07, 6.45) is 4.09. The van der Waals surface area contributed by atoms with Crippen LogP contribution in [0.5, 0.6) is 0 Å². The Bertz CT molecular complexity index is 233. The third-order valence-corrected chi connectivity index (χ3v) is 3.57. The number of rotatable bonds is 4. The van der Waals surface area contributed by atoms with Crippen LogP contribution >= 0.6 is 0 Å². The highest BCUT2D eigenvalue weighted by Gasteiger charge is 2.40. The van der Waals surface area contributed by atoms with Crippen molar-refractivity contribution in [1.82, 2.24) is 10.2 Å². The summed E-state index contributed by atoms with van der Waals surface area (Å²) in [4.78, 5) is 13.9. The molecule has 2 saturated heterocycles. The largest absolute Gasteiger partial charge is 0.396 e. The Morgan fingerprint density at radius 3 is 3.13 bits per heavy atom. The van der Waals surface area contributed by atoms with Gasteiger partial charge in [0.2, 0.25) is 5.91 Å². The number of nitrogens with one attached hydrogen (secondary N) is 1. The molecule has 2 rings (SSSR count). The molecule has 2 aliphatic heterocycles. The first-order valence-electron chi connectivity index (χ1n) is 5.95. The number of carbonyl (C=O) groups is 1. The fraction of sp³-hybridized carbons (Fsp3) is 0.909. The molecule has 1 amide bonds. The minimum Gasteiger partial charge on any atom is -0.396 e. The van der Waals surface area contributed by atoms with Crippen LogP contribution in [0.15, 0.2) is 0 Å². The topological polar surface area (TPSA) is 52.6 Å². The number of amides is 1. The van der Waals surface area contributed by atoms with Crippen molar-refractivity contribution in [2.24, 2.45) is 5.92 Å². The van der Waals surface area contributed by atoms with Gasteiger partial charge >= 0.3 is 0 Å². The van der Waals surface area contributed by atoms with Gasteiger partial charge in [-0.25, -0.2) is 0 Å². The Hall–Kier alpha value is -0.610. The molecule has 2 N–H and O–H groups in total. The fourth-order valence-corrected chi connectivity index (χ4v) is 2.74. The predicted molar refractivity (Wildman–Crippen MR) is 57.4 cm³/mol. The summed E-state index contributed by atoms with van der Waals surface area (Å²) in [6, 6.07) is 0.421. The summed E-state index contributed by atoms with van der Waals surface area (Å²) in [5.41, 5.74) is 0. The summed E-state index contributed by atoms with van der Waals surface area (Å²) in [6.45, 7) is 3.24. The number of carbonyl (C=O) groups excluding carboxylic acids is 1. The first kappa shape index (κ1) is 10.9. The van der Waals surface area contributed by atoms with E-state index in [9.17, 15) is 4.79 Å². The Balaban J connectivity index is 1.86. The second-order valence-electron chi connectivity index (χ2n) is 4.53. The van der Waals surface area contributed by atoms with Crippen LogP contribution in [0, 0.1) is 5.92 Å². The molecular formula is C11H20N2O2. The number of nitrogens with zero attached hydrogens (tertiary/aromatic N) is 1. The van der Waals surface area contributed by atoms with E-state index in [0.29, 0.717) is 6.04 Å². The molecule has 0 aromatic rings. The molecule has 0 bridgehead atoms. The molecule has 0 aliphatic carbocycles. The summed E-state index contributed by atoms with van der Waals surface area (Å²) in [7, 11) is 0. The minimum absolute atomic E-state index is 0.230. The third-order valence-electron chi connectivity index (χ3n) is 3.57. The lowest BCUT2D eigenvalue weighted by atomic mass is 9.91. The zero-order valence-electron chi connectivity index (χ0n) is 9.11. The van der Waals surface area contributed by atoms with E-state index in [1.54, 1.807) is 0 Å². The molecule has 0 radical (unpaired) electrons. The van der Waals surface area contributed by atoms with Crippen molar-refractivity contribution in [3.05, 3.63) is 0 Å². The first-order chi connectivity index (χ1) is 7.33. The number of fused-ring (bicyclic) bond motifs is 1. The van der Waals surface area contributed by atoms with Crippen molar-refractivity contribution < 1.29 is 9.90 Å². The second-order valence-corrected chi connectivity index (χ2v) is 4.53. The maximum absolute atomic E-state index is 11.5. The predicted octanol–water partition coefficient (Wildman–Crippen LogP) is -0.0307. The van der Waals surface area contributed by atoms with E-state index in [-0.39, 0.29) is 18.4 Å². The molecule has 0 saturated carbocycles. The van der Waals surface area contributed by atoms with Crippen LogP contribution in [0.1, 0.15) is 25.7 Å². The zero-order valence-corrected chi connectivity index (χ0v) is 9.11. The number of aliphatic hydroxyl groups is 1. The zero-order chi connectivity index (χ0) is 10.7. The molecule has 2 atom stereocenters. The van der Waals surface area contributed by atoms with E-state index in [4.69, 9.17) is 5.11 Å². The Labute approximate surface area is 90.6 Å². The lowest BCUT2D eigenvalue weighted by molar-refractivity contribution is -0.124. The van der Waals surface area contributed by atoms with Crippen LogP contribution in [0.3, 0.4) is 0 Å². The smallest absolute Gasteiger partial charge is 0.224 e. The van der Waals surface area contributed by atoms with Gasteiger partial charge < -0.3 is 10.4 Å². The quantitative estimate of drug-likeness (QED) is 0.643. The first-order valence-corrected chi connectivity index (χ1v) is 5.95. The number of aliphatic hydroxyl groups excluding tert-OH is 1. The van der Waals surface area contributed by atoms with Crippen LogP contribution in [0.2, 0.25) is 0 Å². The van der Waals surface area contributed by atoms with Crippen LogP contribution < -0.4 is 5.32 Å². The highest BCUT2D eigenvalue weighted by molar-refractivity contribution is 5.82. The van der Waals surface area contributed by atoms with E-state index >= 15 is 0 Å². The van der Waals surface area contributed by atoms with Gasteiger partial charge in [-0.2, -0.15) is 0 Å². The normalized spacial score (nSPS) is 31.4. The molecule has 4 heteroatoms. The summed E-state index contributed by atoms with van der Waals surface area (Å²) >= 11 is 0. The highest BCUT2D eigenvalue weighted by Crippen LogP contribution is 2.27. The van der Waals surface area contributed by atoms with Crippen molar-refractivity contribution >= 4 is 5.91 Å². The van der Waals surface area contributed by atoms with Gasteiger partial charge in [0.25, 0.3) is 0 Å². The molecule has 2 aliphatic rings. The van der Waals surface area contributed by atoms with Crippen molar-refractivity contribution in [3.8, 4) is 0 Å². The second kappa shape index (κ2) is 4.94. The average Bonchev–Trinajstić information content (AvgIpc) is 2.62. The summed E-state index contributed by atoms with van der Waals surface area (Å²) in [5, 5.41) is 11.7. The van der Waals surface area contributed by atoms with Crippen molar-refractivity contribution in [1.29, 1.82) is 0 Å². The van der Waals surface area contributed by atoms with Crippen LogP contribution in [-0.2, 0) is 4.79 Å². The lowest BCUT2D eigenvalue weighted by Gasteiger charge is -2.35.